The molecule has 1 aliphatic heterocycles. The van der Waals surface area contributed by atoms with Crippen LogP contribution in [0.1, 0.15) is 42.9 Å². The predicted octanol–water partition coefficient (Wildman–Crippen LogP) is 6.14. The van der Waals surface area contributed by atoms with E-state index >= 15 is 0 Å². The van der Waals surface area contributed by atoms with E-state index in [1.54, 1.807) is 6.20 Å². The second-order valence-corrected chi connectivity index (χ2v) is 11.3. The van der Waals surface area contributed by atoms with Crippen molar-refractivity contribution in [3.05, 3.63) is 95.7 Å². The number of carbonyl (C=O) groups is 3. The molecule has 9 nitrogen and oxygen atoms in total. The van der Waals surface area contributed by atoms with Gasteiger partial charge in [-0.25, -0.2) is 9.78 Å². The maximum Gasteiger partial charge on any atom is 0.407 e. The van der Waals surface area contributed by atoms with Crippen LogP contribution in [0.15, 0.2) is 79.0 Å². The number of pyridine rings is 1. The number of alkyl carbamates (subject to hydrolysis) is 1. The highest BCUT2D eigenvalue weighted by Gasteiger charge is 2.29. The fourth-order valence-electron chi connectivity index (χ4n) is 5.97. The number of benzene rings is 3. The zero-order chi connectivity index (χ0) is 30.6. The van der Waals surface area contributed by atoms with Gasteiger partial charge in [0.15, 0.2) is 0 Å². The topological polar surface area (TPSA) is 119 Å². The van der Waals surface area contributed by atoms with Gasteiger partial charge >= 0.3 is 6.09 Å². The SMILES string of the molecule is CC(=O)Nc1cc2c(cn1)COc1cc(NCC(CC(C)C=O)NC(=O)OCC3c4ccccc4-c4ccccc43)ccc1-2. The third kappa shape index (κ3) is 6.13. The quantitative estimate of drug-likeness (QED) is 0.190. The molecular formula is C35H34N4O5. The van der Waals surface area contributed by atoms with E-state index in [0.717, 1.165) is 39.8 Å². The first-order valence-electron chi connectivity index (χ1n) is 14.7. The Bertz CT molecular complexity index is 1680. The van der Waals surface area contributed by atoms with Gasteiger partial charge < -0.3 is 30.2 Å². The molecule has 1 aromatic heterocycles. The van der Waals surface area contributed by atoms with Crippen LogP contribution in [0, 0.1) is 5.92 Å². The second-order valence-electron chi connectivity index (χ2n) is 11.3. The van der Waals surface area contributed by atoms with E-state index in [1.807, 2.05) is 55.5 Å². The van der Waals surface area contributed by atoms with Crippen LogP contribution in [0.25, 0.3) is 22.3 Å². The number of hydrogen-bond acceptors (Lipinski definition) is 7. The Balaban J connectivity index is 1.11. The summed E-state index contributed by atoms with van der Waals surface area (Å²) in [5.74, 6) is 0.715. The summed E-state index contributed by atoms with van der Waals surface area (Å²) in [5.41, 5.74) is 8.22. The number of aromatic nitrogens is 1. The molecule has 9 heteroatoms. The molecule has 2 atom stereocenters. The fraction of sp³-hybridized carbons (Fsp3) is 0.257. The number of hydrogen-bond donors (Lipinski definition) is 3. The smallest absolute Gasteiger partial charge is 0.407 e. The molecule has 0 fully saturated rings. The highest BCUT2D eigenvalue weighted by atomic mass is 16.5. The summed E-state index contributed by atoms with van der Waals surface area (Å²) < 4.78 is 11.8. The predicted molar refractivity (Wildman–Crippen MR) is 169 cm³/mol. The summed E-state index contributed by atoms with van der Waals surface area (Å²) in [4.78, 5) is 40.3. The molecule has 2 heterocycles. The van der Waals surface area contributed by atoms with Crippen molar-refractivity contribution in [2.24, 2.45) is 5.92 Å². The van der Waals surface area contributed by atoms with Crippen molar-refractivity contribution in [2.45, 2.75) is 38.8 Å². The first-order valence-corrected chi connectivity index (χ1v) is 14.7. The molecule has 0 radical (unpaired) electrons. The molecule has 2 aliphatic rings. The molecule has 0 bridgehead atoms. The van der Waals surface area contributed by atoms with E-state index in [9.17, 15) is 14.4 Å². The minimum absolute atomic E-state index is 0.0376. The molecule has 6 rings (SSSR count). The second kappa shape index (κ2) is 12.6. The highest BCUT2D eigenvalue weighted by Crippen LogP contribution is 2.44. The van der Waals surface area contributed by atoms with Crippen molar-refractivity contribution in [1.82, 2.24) is 10.3 Å². The Morgan fingerprint density at radius 2 is 1.73 bits per heavy atom. The third-order valence-corrected chi connectivity index (χ3v) is 8.05. The van der Waals surface area contributed by atoms with Crippen molar-refractivity contribution in [1.29, 1.82) is 0 Å². The summed E-state index contributed by atoms with van der Waals surface area (Å²) in [5, 5.41) is 9.07. The van der Waals surface area contributed by atoms with Gasteiger partial charge in [0.1, 0.15) is 31.1 Å². The molecule has 3 aromatic carbocycles. The monoisotopic (exact) mass is 590 g/mol. The molecule has 2 unspecified atom stereocenters. The van der Waals surface area contributed by atoms with Crippen molar-refractivity contribution in [2.75, 3.05) is 23.8 Å². The molecular weight excluding hydrogens is 556 g/mol. The number of amides is 2. The van der Waals surface area contributed by atoms with Crippen LogP contribution in [-0.2, 0) is 20.9 Å². The standard InChI is InChI=1S/C35H34N4O5/c1-21(18-40)13-25(39-35(42)44-20-32-28-9-5-3-7-26(28)27-8-4-6-10-29(27)32)17-36-24-11-12-30-31-15-34(38-22(2)41)37-16-23(31)19-43-33(30)14-24/h3-12,14-16,18,21,25,32,36H,13,17,19-20H2,1-2H3,(H,39,42)(H,37,38,41). The summed E-state index contributed by atoms with van der Waals surface area (Å²) in [6.45, 7) is 4.23. The molecule has 2 amide bonds. The fourth-order valence-corrected chi connectivity index (χ4v) is 5.97. The maximum atomic E-state index is 13.0. The van der Waals surface area contributed by atoms with Gasteiger partial charge in [-0.3, -0.25) is 4.79 Å². The molecule has 0 saturated heterocycles. The summed E-state index contributed by atoms with van der Waals surface area (Å²) in [6.07, 6.45) is 2.53. The van der Waals surface area contributed by atoms with E-state index in [-0.39, 0.29) is 30.4 Å². The number of nitrogens with zero attached hydrogens (tertiary/aromatic N) is 1. The highest BCUT2D eigenvalue weighted by molar-refractivity contribution is 5.89. The minimum Gasteiger partial charge on any atom is -0.488 e. The van der Waals surface area contributed by atoms with Crippen LogP contribution < -0.4 is 20.7 Å². The lowest BCUT2D eigenvalue weighted by atomic mass is 9.98. The molecule has 224 valence electrons. The van der Waals surface area contributed by atoms with Gasteiger partial charge in [0, 0.05) is 54.4 Å². The van der Waals surface area contributed by atoms with Gasteiger partial charge in [-0.1, -0.05) is 55.5 Å². The lowest BCUT2D eigenvalue weighted by Gasteiger charge is -2.24. The van der Waals surface area contributed by atoms with E-state index in [2.05, 4.69) is 45.2 Å². The van der Waals surface area contributed by atoms with Gasteiger partial charge in [-0.2, -0.15) is 0 Å². The Labute approximate surface area is 256 Å². The summed E-state index contributed by atoms with van der Waals surface area (Å²) in [7, 11) is 0. The maximum absolute atomic E-state index is 13.0. The average molecular weight is 591 g/mol. The zero-order valence-electron chi connectivity index (χ0n) is 24.6. The third-order valence-electron chi connectivity index (χ3n) is 8.05. The van der Waals surface area contributed by atoms with Crippen LogP contribution >= 0.6 is 0 Å². The van der Waals surface area contributed by atoms with E-state index in [4.69, 9.17) is 9.47 Å². The van der Waals surface area contributed by atoms with Crippen molar-refractivity contribution < 1.29 is 23.9 Å². The van der Waals surface area contributed by atoms with Crippen molar-refractivity contribution >= 4 is 29.8 Å². The first-order chi connectivity index (χ1) is 21.4. The molecule has 0 saturated carbocycles. The summed E-state index contributed by atoms with van der Waals surface area (Å²) >= 11 is 0. The molecule has 1 aliphatic carbocycles. The number of ether oxygens (including phenoxy) is 2. The Kier molecular flexibility index (Phi) is 8.27. The Hall–Kier alpha value is -5.18. The Morgan fingerprint density at radius 1 is 1.00 bits per heavy atom. The first kappa shape index (κ1) is 28.9. The van der Waals surface area contributed by atoms with Crippen LogP contribution in [-0.4, -0.2) is 42.5 Å². The normalized spacial score (nSPS) is 14.0. The van der Waals surface area contributed by atoms with Crippen molar-refractivity contribution in [3.8, 4) is 28.0 Å². The van der Waals surface area contributed by atoms with E-state index < -0.39 is 6.09 Å². The van der Waals surface area contributed by atoms with Crippen LogP contribution in [0.4, 0.5) is 16.3 Å². The molecule has 0 spiro atoms. The lowest BCUT2D eigenvalue weighted by molar-refractivity contribution is -0.114. The summed E-state index contributed by atoms with van der Waals surface area (Å²) in [6, 6.07) is 23.7. The number of aldehydes is 1. The molecule has 4 aromatic rings. The minimum atomic E-state index is -0.522. The number of rotatable bonds is 10. The van der Waals surface area contributed by atoms with Gasteiger partial charge in [-0.15, -0.1) is 0 Å². The van der Waals surface area contributed by atoms with Gasteiger partial charge in [0.05, 0.1) is 6.04 Å². The van der Waals surface area contributed by atoms with E-state index in [0.29, 0.717) is 31.1 Å². The van der Waals surface area contributed by atoms with Gasteiger partial charge in [-0.05, 0) is 52.4 Å². The van der Waals surface area contributed by atoms with Crippen LogP contribution in [0.2, 0.25) is 0 Å². The average Bonchev–Trinajstić information content (AvgIpc) is 3.35. The molecule has 3 N–H and O–H groups in total. The number of carbonyl (C=O) groups excluding carboxylic acids is 3. The van der Waals surface area contributed by atoms with Crippen molar-refractivity contribution in [3.63, 3.8) is 0 Å². The number of fused-ring (bicyclic) bond motifs is 6. The lowest BCUT2D eigenvalue weighted by Crippen LogP contribution is -2.41. The largest absolute Gasteiger partial charge is 0.488 e. The van der Waals surface area contributed by atoms with Gasteiger partial charge in [0.2, 0.25) is 5.91 Å². The zero-order valence-corrected chi connectivity index (χ0v) is 24.6. The number of anilines is 2. The van der Waals surface area contributed by atoms with Gasteiger partial charge in [0.25, 0.3) is 0 Å². The van der Waals surface area contributed by atoms with Crippen LogP contribution in [0.5, 0.6) is 5.75 Å². The molecule has 44 heavy (non-hydrogen) atoms. The van der Waals surface area contributed by atoms with E-state index in [1.165, 1.54) is 18.1 Å². The number of nitrogens with one attached hydrogen (secondary N) is 3. The van der Waals surface area contributed by atoms with Crippen LogP contribution in [0.3, 0.4) is 0 Å². The Morgan fingerprint density at radius 3 is 2.43 bits per heavy atom.